The van der Waals surface area contributed by atoms with E-state index in [4.69, 9.17) is 0 Å². The molecule has 1 fully saturated rings. The third-order valence-electron chi connectivity index (χ3n) is 4.72. The predicted molar refractivity (Wildman–Crippen MR) is 95.1 cm³/mol. The van der Waals surface area contributed by atoms with Crippen LogP contribution in [-0.2, 0) is 6.54 Å². The lowest BCUT2D eigenvalue weighted by Crippen LogP contribution is -2.32. The fourth-order valence-corrected chi connectivity index (χ4v) is 3.17. The number of imidazole rings is 1. The number of nitrogens with one attached hydrogen (secondary N) is 2. The zero-order valence-electron chi connectivity index (χ0n) is 13.9. The van der Waals surface area contributed by atoms with Crippen LogP contribution in [0.3, 0.4) is 0 Å². The molecule has 1 aromatic carbocycles. The Hall–Kier alpha value is -2.47. The zero-order valence-corrected chi connectivity index (χ0v) is 13.9. The number of fused-ring (bicyclic) bond motifs is 1. The van der Waals surface area contributed by atoms with E-state index in [2.05, 4.69) is 61.3 Å². The van der Waals surface area contributed by atoms with Crippen molar-refractivity contribution in [3.8, 4) is 0 Å². The second kappa shape index (κ2) is 6.57. The highest BCUT2D eigenvalue weighted by Crippen LogP contribution is 2.22. The number of piperidine rings is 1. The first-order valence-corrected chi connectivity index (χ1v) is 8.50. The fraction of sp³-hybridized carbons (Fsp3) is 0.389. The van der Waals surface area contributed by atoms with Gasteiger partial charge in [0.2, 0.25) is 0 Å². The van der Waals surface area contributed by atoms with E-state index in [0.29, 0.717) is 5.65 Å². The Morgan fingerprint density at radius 1 is 1.12 bits per heavy atom. The molecule has 6 nitrogen and oxygen atoms in total. The summed E-state index contributed by atoms with van der Waals surface area (Å²) in [5, 5.41) is 3.33. The molecular weight excluding hydrogens is 300 g/mol. The van der Waals surface area contributed by atoms with Crippen molar-refractivity contribution >= 4 is 22.7 Å². The first-order valence-electron chi connectivity index (χ1n) is 8.50. The molecule has 0 aliphatic carbocycles. The Kier molecular flexibility index (Phi) is 4.13. The summed E-state index contributed by atoms with van der Waals surface area (Å²) >= 11 is 0. The Balaban J connectivity index is 1.43. The van der Waals surface area contributed by atoms with Crippen LogP contribution in [0.15, 0.2) is 36.9 Å². The highest BCUT2D eigenvalue weighted by atomic mass is 15.1. The van der Waals surface area contributed by atoms with Crippen LogP contribution in [0.5, 0.6) is 0 Å². The summed E-state index contributed by atoms with van der Waals surface area (Å²) in [4.78, 5) is 18.2. The van der Waals surface area contributed by atoms with Crippen molar-refractivity contribution < 1.29 is 0 Å². The Morgan fingerprint density at radius 2 is 1.92 bits per heavy atom. The summed E-state index contributed by atoms with van der Waals surface area (Å²) in [6.45, 7) is 5.80. The number of aromatic nitrogens is 4. The largest absolute Gasteiger partial charge is 0.340 e. The molecule has 6 heteroatoms. The summed E-state index contributed by atoms with van der Waals surface area (Å²) in [7, 11) is 0. The molecule has 0 amide bonds. The molecule has 0 unspecified atom stereocenters. The maximum atomic E-state index is 4.30. The van der Waals surface area contributed by atoms with Crippen molar-refractivity contribution in [2.45, 2.75) is 26.3 Å². The van der Waals surface area contributed by atoms with Crippen molar-refractivity contribution in [1.29, 1.82) is 0 Å². The molecule has 124 valence electrons. The van der Waals surface area contributed by atoms with Crippen LogP contribution in [0.25, 0.3) is 11.2 Å². The highest BCUT2D eigenvalue weighted by Gasteiger charge is 2.15. The third kappa shape index (κ3) is 3.23. The van der Waals surface area contributed by atoms with Crippen molar-refractivity contribution in [2.75, 3.05) is 18.4 Å². The molecule has 1 aliphatic heterocycles. The average molecular weight is 322 g/mol. The lowest BCUT2D eigenvalue weighted by atomic mass is 9.99. The smallest absolute Gasteiger partial charge is 0.182 e. The average Bonchev–Trinajstić information content (AvgIpc) is 3.08. The van der Waals surface area contributed by atoms with Crippen molar-refractivity contribution in [3.63, 3.8) is 0 Å². The maximum Gasteiger partial charge on any atom is 0.182 e. The van der Waals surface area contributed by atoms with Gasteiger partial charge in [0.15, 0.2) is 11.5 Å². The van der Waals surface area contributed by atoms with E-state index in [1.54, 1.807) is 6.33 Å². The van der Waals surface area contributed by atoms with Crippen molar-refractivity contribution in [2.24, 2.45) is 5.92 Å². The number of likely N-dealkylation sites (tertiary alicyclic amines) is 1. The summed E-state index contributed by atoms with van der Waals surface area (Å²) < 4.78 is 0. The van der Waals surface area contributed by atoms with Gasteiger partial charge in [-0.1, -0.05) is 19.1 Å². The predicted octanol–water partition coefficient (Wildman–Crippen LogP) is 3.33. The summed E-state index contributed by atoms with van der Waals surface area (Å²) in [5.41, 5.74) is 3.86. The minimum atomic E-state index is 0.670. The molecule has 1 saturated heterocycles. The Morgan fingerprint density at radius 3 is 2.71 bits per heavy atom. The molecule has 3 aromatic rings. The number of aromatic amines is 1. The van der Waals surface area contributed by atoms with Crippen molar-refractivity contribution in [1.82, 2.24) is 24.8 Å². The molecule has 3 heterocycles. The molecule has 2 N–H and O–H groups in total. The topological polar surface area (TPSA) is 69.7 Å². The quantitative estimate of drug-likeness (QED) is 0.771. The van der Waals surface area contributed by atoms with Gasteiger partial charge < -0.3 is 10.3 Å². The van der Waals surface area contributed by atoms with Gasteiger partial charge in [-0.2, -0.15) is 0 Å². The standard InChI is InChI=1S/C18H22N6/c1-13-6-8-24(9-7-13)10-14-2-4-15(5-3-14)23-18-16-17(20-11-19-16)21-12-22-18/h2-5,11-13H,6-10H2,1H3,(H2,19,20,21,22,23). The van der Waals surface area contributed by atoms with Gasteiger partial charge in [-0.3, -0.25) is 4.90 Å². The van der Waals surface area contributed by atoms with Gasteiger partial charge >= 0.3 is 0 Å². The molecule has 2 aromatic heterocycles. The second-order valence-electron chi connectivity index (χ2n) is 6.60. The van der Waals surface area contributed by atoms with Crippen LogP contribution in [0.1, 0.15) is 25.3 Å². The molecule has 24 heavy (non-hydrogen) atoms. The van der Waals surface area contributed by atoms with E-state index < -0.39 is 0 Å². The molecule has 0 spiro atoms. The maximum absolute atomic E-state index is 4.30. The van der Waals surface area contributed by atoms with Crippen LogP contribution in [0.4, 0.5) is 11.5 Å². The monoisotopic (exact) mass is 322 g/mol. The van der Waals surface area contributed by atoms with E-state index in [-0.39, 0.29) is 0 Å². The van der Waals surface area contributed by atoms with Crippen LogP contribution in [0, 0.1) is 5.92 Å². The van der Waals surface area contributed by atoms with E-state index >= 15 is 0 Å². The first kappa shape index (κ1) is 15.1. The Bertz CT molecular complexity index is 802. The second-order valence-corrected chi connectivity index (χ2v) is 6.60. The third-order valence-corrected chi connectivity index (χ3v) is 4.72. The van der Waals surface area contributed by atoms with Gasteiger partial charge in [0.25, 0.3) is 0 Å². The van der Waals surface area contributed by atoms with Gasteiger partial charge in [0.05, 0.1) is 6.33 Å². The number of anilines is 2. The number of rotatable bonds is 4. The van der Waals surface area contributed by atoms with E-state index in [1.165, 1.54) is 37.8 Å². The lowest BCUT2D eigenvalue weighted by Gasteiger charge is -2.30. The molecule has 0 saturated carbocycles. The van der Waals surface area contributed by atoms with Crippen LogP contribution < -0.4 is 5.32 Å². The number of nitrogens with zero attached hydrogens (tertiary/aromatic N) is 4. The zero-order chi connectivity index (χ0) is 16.4. The summed E-state index contributed by atoms with van der Waals surface area (Å²) in [5.74, 6) is 1.62. The van der Waals surface area contributed by atoms with Crippen LogP contribution in [0.2, 0.25) is 0 Å². The molecular formula is C18H22N6. The van der Waals surface area contributed by atoms with Crippen molar-refractivity contribution in [3.05, 3.63) is 42.5 Å². The molecule has 1 aliphatic rings. The lowest BCUT2D eigenvalue weighted by molar-refractivity contribution is 0.185. The van der Waals surface area contributed by atoms with Gasteiger partial charge in [0, 0.05) is 12.2 Å². The molecule has 0 radical (unpaired) electrons. The minimum Gasteiger partial charge on any atom is -0.340 e. The van der Waals surface area contributed by atoms with Crippen LogP contribution in [-0.4, -0.2) is 37.9 Å². The molecule has 0 bridgehead atoms. The first-order chi connectivity index (χ1) is 11.8. The van der Waals surface area contributed by atoms with E-state index in [0.717, 1.165) is 29.5 Å². The van der Waals surface area contributed by atoms with Gasteiger partial charge in [-0.15, -0.1) is 0 Å². The van der Waals surface area contributed by atoms with E-state index in [9.17, 15) is 0 Å². The number of H-pyrrole nitrogens is 1. The summed E-state index contributed by atoms with van der Waals surface area (Å²) in [6.07, 6.45) is 5.78. The normalized spacial score (nSPS) is 16.5. The number of benzene rings is 1. The SMILES string of the molecule is CC1CCN(Cc2ccc(Nc3ncnc4nc[nH]c34)cc2)CC1. The molecule has 4 rings (SSSR count). The van der Waals surface area contributed by atoms with E-state index in [1.807, 2.05) is 0 Å². The highest BCUT2D eigenvalue weighted by molar-refractivity contribution is 5.84. The number of hydrogen-bond donors (Lipinski definition) is 2. The Labute approximate surface area is 141 Å². The van der Waals surface area contributed by atoms with Gasteiger partial charge in [0.1, 0.15) is 11.8 Å². The molecule has 0 atom stereocenters. The van der Waals surface area contributed by atoms with Gasteiger partial charge in [-0.05, 0) is 49.5 Å². The van der Waals surface area contributed by atoms with Crippen LogP contribution >= 0.6 is 0 Å². The fourth-order valence-electron chi connectivity index (χ4n) is 3.17. The minimum absolute atomic E-state index is 0.670. The van der Waals surface area contributed by atoms with Gasteiger partial charge in [-0.25, -0.2) is 15.0 Å². The summed E-state index contributed by atoms with van der Waals surface area (Å²) in [6, 6.07) is 8.58. The number of hydrogen-bond acceptors (Lipinski definition) is 5.